The van der Waals surface area contributed by atoms with Gasteiger partial charge < -0.3 is 16.0 Å². The molecule has 0 unspecified atom stereocenters. The van der Waals surface area contributed by atoms with Gasteiger partial charge in [0.15, 0.2) is 0 Å². The highest BCUT2D eigenvalue weighted by Crippen LogP contribution is 2.28. The molecule has 36 heavy (non-hydrogen) atoms. The normalized spacial score (nSPS) is 15.5. The summed E-state index contributed by atoms with van der Waals surface area (Å²) < 4.78 is 0.914. The van der Waals surface area contributed by atoms with Crippen LogP contribution in [0.25, 0.3) is 10.2 Å². The predicted octanol–water partition coefficient (Wildman–Crippen LogP) is 4.04. The average molecular weight is 530 g/mol. The first-order valence-corrected chi connectivity index (χ1v) is 13.5. The van der Waals surface area contributed by atoms with Crippen LogP contribution in [0.5, 0.6) is 0 Å². The topological polar surface area (TPSA) is 124 Å². The number of nitrogens with zero attached hydrogens (tertiary/aromatic N) is 2. The minimum absolute atomic E-state index is 0.177. The lowest BCUT2D eigenvalue weighted by atomic mass is 9.83. The molecule has 8 nitrogen and oxygen atoms in total. The number of amides is 3. The second-order valence-electron chi connectivity index (χ2n) is 9.11. The fourth-order valence-electron chi connectivity index (χ4n) is 4.43. The third kappa shape index (κ3) is 7.77. The number of rotatable bonds is 11. The first kappa shape index (κ1) is 27.6. The van der Waals surface area contributed by atoms with E-state index >= 15 is 0 Å². The zero-order valence-electron chi connectivity index (χ0n) is 20.4. The molecule has 3 amide bonds. The second-order valence-corrected chi connectivity index (χ2v) is 10.7. The third-order valence-corrected chi connectivity index (χ3v) is 7.62. The highest BCUT2D eigenvalue weighted by molar-refractivity contribution is 7.18. The molecule has 0 bridgehead atoms. The zero-order chi connectivity index (χ0) is 26.1. The Morgan fingerprint density at radius 3 is 2.69 bits per heavy atom. The maximum Gasteiger partial charge on any atom is 0.261 e. The number of hydrogen-bond donors (Lipinski definition) is 3. The molecular formula is C26H32ClN5O3S. The van der Waals surface area contributed by atoms with Crippen molar-refractivity contribution in [2.45, 2.75) is 70.4 Å². The molecule has 0 saturated heterocycles. The van der Waals surface area contributed by atoms with Crippen LogP contribution in [0.15, 0.2) is 30.4 Å². The lowest BCUT2D eigenvalue weighted by Crippen LogP contribution is -2.55. The van der Waals surface area contributed by atoms with Crippen molar-refractivity contribution in [3.63, 3.8) is 0 Å². The van der Waals surface area contributed by atoms with Crippen molar-refractivity contribution in [1.29, 1.82) is 5.26 Å². The fourth-order valence-corrected chi connectivity index (χ4v) is 5.72. The molecule has 1 aromatic heterocycles. The largest absolute Gasteiger partial charge is 0.350 e. The Balaban J connectivity index is 1.77. The van der Waals surface area contributed by atoms with Crippen LogP contribution in [0, 0.1) is 17.2 Å². The molecule has 1 fully saturated rings. The van der Waals surface area contributed by atoms with Crippen molar-refractivity contribution >= 4 is 50.9 Å². The number of thiazole rings is 1. The maximum absolute atomic E-state index is 13.5. The zero-order valence-corrected chi connectivity index (χ0v) is 22.0. The van der Waals surface area contributed by atoms with Crippen LogP contribution in [-0.2, 0) is 20.8 Å². The summed E-state index contributed by atoms with van der Waals surface area (Å²) in [5, 5.41) is 18.9. The van der Waals surface area contributed by atoms with Gasteiger partial charge in [-0.2, -0.15) is 5.26 Å². The molecule has 1 heterocycles. The number of nitrogens with one attached hydrogen (secondary N) is 3. The van der Waals surface area contributed by atoms with Gasteiger partial charge in [0, 0.05) is 30.5 Å². The van der Waals surface area contributed by atoms with Crippen LogP contribution in [0.4, 0.5) is 0 Å². The van der Waals surface area contributed by atoms with Crippen LogP contribution < -0.4 is 16.0 Å². The van der Waals surface area contributed by atoms with Crippen molar-refractivity contribution < 1.29 is 14.4 Å². The van der Waals surface area contributed by atoms with Gasteiger partial charge in [0.2, 0.25) is 11.8 Å². The van der Waals surface area contributed by atoms with E-state index in [9.17, 15) is 14.4 Å². The summed E-state index contributed by atoms with van der Waals surface area (Å²) in [6.45, 7) is 5.54. The minimum atomic E-state index is -0.809. The van der Waals surface area contributed by atoms with Gasteiger partial charge >= 0.3 is 0 Å². The molecule has 3 N–H and O–H groups in total. The number of aromatic nitrogens is 1. The molecule has 3 rings (SSSR count). The van der Waals surface area contributed by atoms with E-state index in [0.717, 1.165) is 47.3 Å². The Morgan fingerprint density at radius 2 is 2.00 bits per heavy atom. The summed E-state index contributed by atoms with van der Waals surface area (Å²) in [6, 6.07) is 6.05. The highest BCUT2D eigenvalue weighted by atomic mass is 35.5. The van der Waals surface area contributed by atoms with Crippen LogP contribution in [0.1, 0.15) is 56.9 Å². The van der Waals surface area contributed by atoms with E-state index in [1.807, 2.05) is 19.1 Å². The van der Waals surface area contributed by atoms with Crippen LogP contribution >= 0.6 is 22.9 Å². The molecule has 0 spiro atoms. The summed E-state index contributed by atoms with van der Waals surface area (Å²) in [5.41, 5.74) is 0.614. The molecule has 2 aromatic rings. The van der Waals surface area contributed by atoms with Crippen molar-refractivity contribution in [2.24, 2.45) is 5.92 Å². The van der Waals surface area contributed by atoms with Crippen LogP contribution in [-0.4, -0.2) is 41.3 Å². The summed E-state index contributed by atoms with van der Waals surface area (Å²) in [4.78, 5) is 42.7. The Labute approximate surface area is 220 Å². The average Bonchev–Trinajstić information content (AvgIpc) is 3.27. The van der Waals surface area contributed by atoms with Gasteiger partial charge in [-0.05, 0) is 43.4 Å². The molecule has 1 aliphatic rings. The van der Waals surface area contributed by atoms with Crippen molar-refractivity contribution in [2.75, 3.05) is 6.54 Å². The van der Waals surface area contributed by atoms with Gasteiger partial charge in [0.05, 0.1) is 15.2 Å². The fraction of sp³-hybridized carbons (Fsp3) is 0.500. The number of carbonyl (C=O) groups is 3. The minimum Gasteiger partial charge on any atom is -0.350 e. The smallest absolute Gasteiger partial charge is 0.261 e. The van der Waals surface area contributed by atoms with Gasteiger partial charge in [0.1, 0.15) is 17.7 Å². The predicted molar refractivity (Wildman–Crippen MR) is 141 cm³/mol. The van der Waals surface area contributed by atoms with Crippen molar-refractivity contribution in [1.82, 2.24) is 20.9 Å². The van der Waals surface area contributed by atoms with Crippen molar-refractivity contribution in [3.05, 3.63) is 40.4 Å². The van der Waals surface area contributed by atoms with E-state index in [-0.39, 0.29) is 42.3 Å². The Bertz CT molecular complexity index is 1150. The van der Waals surface area contributed by atoms with Gasteiger partial charge in [-0.25, -0.2) is 4.98 Å². The van der Waals surface area contributed by atoms with Gasteiger partial charge in [0.25, 0.3) is 5.91 Å². The molecule has 1 aliphatic carbocycles. The summed E-state index contributed by atoms with van der Waals surface area (Å²) in [5.74, 6) is -0.876. The Kier molecular flexibility index (Phi) is 10.3. The summed E-state index contributed by atoms with van der Waals surface area (Å²) in [7, 11) is 0. The van der Waals surface area contributed by atoms with E-state index < -0.39 is 11.9 Å². The summed E-state index contributed by atoms with van der Waals surface area (Å²) >= 11 is 7.54. The molecule has 0 radical (unpaired) electrons. The van der Waals surface area contributed by atoms with E-state index in [0.29, 0.717) is 17.9 Å². The van der Waals surface area contributed by atoms with Gasteiger partial charge in [-0.15, -0.1) is 11.3 Å². The molecule has 1 saturated carbocycles. The second kappa shape index (κ2) is 13.4. The Hall–Kier alpha value is -2.96. The first-order chi connectivity index (χ1) is 17.3. The summed E-state index contributed by atoms with van der Waals surface area (Å²) in [6.07, 6.45) is 6.36. The standard InChI is InChI=1S/C26H32ClN5O3S/c1-3-7-23(33)30-20(13-24-31-19-11-10-18(27)12-22(19)36-24)26(35)32-21(17-8-5-4-6-9-17)15-29-25(34)16(2)14-28/h10-12,17,20-21H,2-9,13,15H2,1H3,(H,29,34)(H,30,33)(H,32,35)/t20-,21+/m0/s1. The SMILES string of the molecule is C=C(C#N)C(=O)NC[C@@H](NC(=O)[C@H](Cc1nc2ccc(Cl)cc2s1)NC(=O)CCC)C1CCCCC1. The molecule has 0 aliphatic heterocycles. The lowest BCUT2D eigenvalue weighted by Gasteiger charge is -2.32. The lowest BCUT2D eigenvalue weighted by molar-refractivity contribution is -0.129. The maximum atomic E-state index is 13.5. The van der Waals surface area contributed by atoms with E-state index in [4.69, 9.17) is 16.9 Å². The van der Waals surface area contributed by atoms with E-state index in [1.54, 1.807) is 12.1 Å². The van der Waals surface area contributed by atoms with E-state index in [2.05, 4.69) is 27.5 Å². The van der Waals surface area contributed by atoms with Crippen LogP contribution in [0.3, 0.4) is 0 Å². The number of fused-ring (bicyclic) bond motifs is 1. The van der Waals surface area contributed by atoms with Gasteiger partial charge in [-0.3, -0.25) is 14.4 Å². The highest BCUT2D eigenvalue weighted by Gasteiger charge is 2.30. The molecule has 1 aromatic carbocycles. The molecule has 192 valence electrons. The molecular weight excluding hydrogens is 498 g/mol. The number of nitriles is 1. The number of carbonyl (C=O) groups excluding carboxylic acids is 3. The quantitative estimate of drug-likeness (QED) is 0.299. The molecule has 10 heteroatoms. The number of hydrogen-bond acceptors (Lipinski definition) is 6. The monoisotopic (exact) mass is 529 g/mol. The van der Waals surface area contributed by atoms with Crippen molar-refractivity contribution in [3.8, 4) is 6.07 Å². The molecule has 2 atom stereocenters. The number of halogens is 1. The van der Waals surface area contributed by atoms with Crippen LogP contribution in [0.2, 0.25) is 5.02 Å². The van der Waals surface area contributed by atoms with E-state index in [1.165, 1.54) is 11.3 Å². The van der Waals surface area contributed by atoms with Gasteiger partial charge in [-0.1, -0.05) is 44.4 Å². The third-order valence-electron chi connectivity index (χ3n) is 6.34. The Morgan fingerprint density at radius 1 is 1.25 bits per heavy atom. The first-order valence-electron chi connectivity index (χ1n) is 12.3. The number of benzene rings is 1.